The smallest absolute Gasteiger partial charge is 0.387 e. The molecule has 6 nitrogen and oxygen atoms in total. The highest BCUT2D eigenvalue weighted by Gasteiger charge is 2.11. The summed E-state index contributed by atoms with van der Waals surface area (Å²) in [5.41, 5.74) is 1.29. The van der Waals surface area contributed by atoms with Crippen LogP contribution in [0, 0.1) is 0 Å². The van der Waals surface area contributed by atoms with Crippen molar-refractivity contribution in [2.75, 3.05) is 21.3 Å². The molecule has 28 heavy (non-hydrogen) atoms. The van der Waals surface area contributed by atoms with Gasteiger partial charge in [-0.1, -0.05) is 12.1 Å². The van der Waals surface area contributed by atoms with Gasteiger partial charge < -0.3 is 23.7 Å². The quantitative estimate of drug-likeness (QED) is 0.472. The van der Waals surface area contributed by atoms with Crippen LogP contribution in [0.3, 0.4) is 0 Å². The first-order valence-corrected chi connectivity index (χ1v) is 8.15. The van der Waals surface area contributed by atoms with Gasteiger partial charge in [-0.25, -0.2) is 4.79 Å². The Hall–Kier alpha value is -3.29. The Kier molecular flexibility index (Phi) is 7.62. The maximum atomic E-state index is 12.3. The summed E-state index contributed by atoms with van der Waals surface area (Å²) in [6, 6.07) is 9.49. The molecule has 2 aromatic carbocycles. The summed E-state index contributed by atoms with van der Waals surface area (Å²) >= 11 is 0. The second-order valence-electron chi connectivity index (χ2n) is 5.42. The van der Waals surface area contributed by atoms with Gasteiger partial charge in [0, 0.05) is 6.08 Å². The van der Waals surface area contributed by atoms with E-state index in [2.05, 4.69) is 4.74 Å². The van der Waals surface area contributed by atoms with Crippen LogP contribution in [-0.4, -0.2) is 33.9 Å². The number of carbonyl (C=O) groups excluding carboxylic acids is 1. The third-order valence-corrected chi connectivity index (χ3v) is 3.64. The fourth-order valence-corrected chi connectivity index (χ4v) is 2.32. The van der Waals surface area contributed by atoms with E-state index in [4.69, 9.17) is 18.9 Å². The molecule has 0 aliphatic carbocycles. The Morgan fingerprint density at radius 2 is 1.57 bits per heavy atom. The summed E-state index contributed by atoms with van der Waals surface area (Å²) in [4.78, 5) is 11.9. The van der Waals surface area contributed by atoms with Gasteiger partial charge in [0.25, 0.3) is 0 Å². The molecule has 0 radical (unpaired) electrons. The number of hydrogen-bond acceptors (Lipinski definition) is 6. The van der Waals surface area contributed by atoms with Crippen LogP contribution in [0.1, 0.15) is 11.1 Å². The molecule has 8 heteroatoms. The molecule has 150 valence electrons. The fourth-order valence-electron chi connectivity index (χ4n) is 2.32. The lowest BCUT2D eigenvalue weighted by Gasteiger charge is -2.11. The van der Waals surface area contributed by atoms with Crippen LogP contribution in [-0.2, 0) is 16.1 Å². The molecule has 0 amide bonds. The van der Waals surface area contributed by atoms with Gasteiger partial charge in [0.15, 0.2) is 23.0 Å². The van der Waals surface area contributed by atoms with Gasteiger partial charge in [-0.15, -0.1) is 0 Å². The highest BCUT2D eigenvalue weighted by Crippen LogP contribution is 2.30. The van der Waals surface area contributed by atoms with E-state index in [1.165, 1.54) is 45.6 Å². The zero-order chi connectivity index (χ0) is 20.5. The maximum Gasteiger partial charge on any atom is 0.387 e. The van der Waals surface area contributed by atoms with Gasteiger partial charge in [-0.3, -0.25) is 0 Å². The predicted molar refractivity (Wildman–Crippen MR) is 98.0 cm³/mol. The van der Waals surface area contributed by atoms with Crippen molar-refractivity contribution in [1.29, 1.82) is 0 Å². The number of carbonyl (C=O) groups is 1. The molecule has 0 bridgehead atoms. The summed E-state index contributed by atoms with van der Waals surface area (Å²) < 4.78 is 49.5. The Labute approximate surface area is 161 Å². The molecule has 0 heterocycles. The Morgan fingerprint density at radius 3 is 2.21 bits per heavy atom. The van der Waals surface area contributed by atoms with E-state index in [9.17, 15) is 13.6 Å². The maximum absolute atomic E-state index is 12.3. The molecular weight excluding hydrogens is 374 g/mol. The molecule has 0 N–H and O–H groups in total. The first-order chi connectivity index (χ1) is 13.5. The van der Waals surface area contributed by atoms with Crippen molar-refractivity contribution in [3.05, 3.63) is 53.6 Å². The van der Waals surface area contributed by atoms with Crippen molar-refractivity contribution in [3.8, 4) is 23.0 Å². The van der Waals surface area contributed by atoms with E-state index in [-0.39, 0.29) is 18.1 Å². The Balaban J connectivity index is 1.97. The normalized spacial score (nSPS) is 10.8. The summed E-state index contributed by atoms with van der Waals surface area (Å²) in [5, 5.41) is 0. The third-order valence-electron chi connectivity index (χ3n) is 3.64. The Morgan fingerprint density at radius 1 is 0.929 bits per heavy atom. The van der Waals surface area contributed by atoms with E-state index in [0.29, 0.717) is 17.1 Å². The van der Waals surface area contributed by atoms with Crippen LogP contribution < -0.4 is 18.9 Å². The molecule has 0 atom stereocenters. The highest BCUT2D eigenvalue weighted by atomic mass is 19.3. The third kappa shape index (κ3) is 5.87. The molecular formula is C20H20F2O6. The van der Waals surface area contributed by atoms with Crippen molar-refractivity contribution in [2.24, 2.45) is 0 Å². The molecule has 2 aromatic rings. The van der Waals surface area contributed by atoms with E-state index >= 15 is 0 Å². The first-order valence-electron chi connectivity index (χ1n) is 8.15. The van der Waals surface area contributed by atoms with Gasteiger partial charge in [-0.05, 0) is 41.5 Å². The standard InChI is InChI=1S/C20H20F2O6/c1-24-15-7-4-13(10-17(15)25-2)6-9-19(23)27-12-14-5-8-16(28-20(21)22)18(11-14)26-3/h4-11,20H,12H2,1-3H3/b9-6+. The number of rotatable bonds is 9. The largest absolute Gasteiger partial charge is 0.493 e. The second kappa shape index (κ2) is 10.1. The van der Waals surface area contributed by atoms with Gasteiger partial charge >= 0.3 is 12.6 Å². The number of esters is 1. The van der Waals surface area contributed by atoms with E-state index < -0.39 is 12.6 Å². The van der Waals surface area contributed by atoms with Crippen LogP contribution in [0.5, 0.6) is 23.0 Å². The average Bonchev–Trinajstić information content (AvgIpc) is 2.70. The fraction of sp³-hybridized carbons (Fsp3) is 0.250. The topological polar surface area (TPSA) is 63.2 Å². The zero-order valence-electron chi connectivity index (χ0n) is 15.6. The number of hydrogen-bond donors (Lipinski definition) is 0. The van der Waals surface area contributed by atoms with Crippen molar-refractivity contribution < 1.29 is 37.3 Å². The van der Waals surface area contributed by atoms with E-state index in [1.54, 1.807) is 24.3 Å². The van der Waals surface area contributed by atoms with Crippen molar-refractivity contribution in [3.63, 3.8) is 0 Å². The minimum atomic E-state index is -2.96. The number of benzene rings is 2. The molecule has 0 unspecified atom stereocenters. The molecule has 2 rings (SSSR count). The molecule has 0 saturated carbocycles. The van der Waals surface area contributed by atoms with E-state index in [1.807, 2.05) is 0 Å². The van der Waals surface area contributed by atoms with Crippen LogP contribution >= 0.6 is 0 Å². The molecule has 0 saturated heterocycles. The molecule has 0 aliphatic heterocycles. The Bertz CT molecular complexity index is 835. The van der Waals surface area contributed by atoms with E-state index in [0.717, 1.165) is 5.56 Å². The van der Waals surface area contributed by atoms with Gasteiger partial charge in [0.1, 0.15) is 6.61 Å². The zero-order valence-corrected chi connectivity index (χ0v) is 15.6. The molecule has 0 aromatic heterocycles. The number of alkyl halides is 2. The van der Waals surface area contributed by atoms with Crippen molar-refractivity contribution in [1.82, 2.24) is 0 Å². The first kappa shape index (κ1) is 21.0. The van der Waals surface area contributed by atoms with Gasteiger partial charge in [-0.2, -0.15) is 8.78 Å². The van der Waals surface area contributed by atoms with Crippen LogP contribution in [0.2, 0.25) is 0 Å². The van der Waals surface area contributed by atoms with Crippen LogP contribution in [0.4, 0.5) is 8.78 Å². The highest BCUT2D eigenvalue weighted by molar-refractivity contribution is 5.87. The molecule has 0 spiro atoms. The lowest BCUT2D eigenvalue weighted by molar-refractivity contribution is -0.138. The summed E-state index contributed by atoms with van der Waals surface area (Å²) in [6.45, 7) is -3.01. The average molecular weight is 394 g/mol. The second-order valence-corrected chi connectivity index (χ2v) is 5.42. The summed E-state index contributed by atoms with van der Waals surface area (Å²) in [5.74, 6) is 0.573. The minimum Gasteiger partial charge on any atom is -0.493 e. The SMILES string of the molecule is COc1ccc(/C=C/C(=O)OCc2ccc(OC(F)F)c(OC)c2)cc1OC. The van der Waals surface area contributed by atoms with Crippen LogP contribution in [0.15, 0.2) is 42.5 Å². The van der Waals surface area contributed by atoms with Crippen molar-refractivity contribution in [2.45, 2.75) is 13.2 Å². The monoisotopic (exact) mass is 394 g/mol. The molecule has 0 aliphatic rings. The number of ether oxygens (including phenoxy) is 5. The van der Waals surface area contributed by atoms with Gasteiger partial charge in [0.2, 0.25) is 0 Å². The molecule has 0 fully saturated rings. The van der Waals surface area contributed by atoms with Crippen LogP contribution in [0.25, 0.3) is 6.08 Å². The number of halogens is 2. The summed E-state index contributed by atoms with van der Waals surface area (Å²) in [7, 11) is 4.38. The van der Waals surface area contributed by atoms with Crippen molar-refractivity contribution >= 4 is 12.0 Å². The lowest BCUT2D eigenvalue weighted by Crippen LogP contribution is -2.05. The predicted octanol–water partition coefficient (Wildman–Crippen LogP) is 4.07. The lowest BCUT2D eigenvalue weighted by atomic mass is 10.2. The summed E-state index contributed by atoms with van der Waals surface area (Å²) in [6.07, 6.45) is 2.84. The number of methoxy groups -OCH3 is 3. The van der Waals surface area contributed by atoms with Gasteiger partial charge in [0.05, 0.1) is 21.3 Å². The minimum absolute atomic E-state index is 0.0551.